The summed E-state index contributed by atoms with van der Waals surface area (Å²) in [4.78, 5) is 12.5. The van der Waals surface area contributed by atoms with Crippen molar-refractivity contribution in [3.63, 3.8) is 0 Å². The predicted molar refractivity (Wildman–Crippen MR) is 132 cm³/mol. The summed E-state index contributed by atoms with van der Waals surface area (Å²) < 4.78 is 1.96. The molecule has 1 aromatic heterocycles. The average Bonchev–Trinajstić information content (AvgIpc) is 3.20. The minimum atomic E-state index is -0.175. The highest BCUT2D eigenvalue weighted by molar-refractivity contribution is 7.99. The monoisotopic (exact) mass is 482 g/mol. The molecule has 1 N–H and O–H groups in total. The summed E-state index contributed by atoms with van der Waals surface area (Å²) in [5.41, 5.74) is 4.75. The molecule has 0 saturated heterocycles. The topological polar surface area (TPSA) is 59.8 Å². The molecule has 4 aromatic rings. The van der Waals surface area contributed by atoms with Crippen molar-refractivity contribution in [2.24, 2.45) is 0 Å². The molecule has 0 spiro atoms. The number of carbonyl (C=O) groups is 1. The first-order chi connectivity index (χ1) is 15.4. The minimum Gasteiger partial charge on any atom is -0.324 e. The highest BCUT2D eigenvalue weighted by Gasteiger charge is 2.18. The lowest BCUT2D eigenvalue weighted by Gasteiger charge is -2.12. The van der Waals surface area contributed by atoms with Gasteiger partial charge >= 0.3 is 0 Å². The van der Waals surface area contributed by atoms with Crippen molar-refractivity contribution < 1.29 is 4.79 Å². The number of hydrogen-bond donors (Lipinski definition) is 1. The van der Waals surface area contributed by atoms with Crippen molar-refractivity contribution in [3.05, 3.63) is 87.9 Å². The van der Waals surface area contributed by atoms with Gasteiger partial charge in [-0.1, -0.05) is 53.2 Å². The molecule has 0 aliphatic carbocycles. The summed E-state index contributed by atoms with van der Waals surface area (Å²) in [7, 11) is 0. The van der Waals surface area contributed by atoms with E-state index in [1.54, 1.807) is 12.1 Å². The molecule has 8 heteroatoms. The molecule has 1 amide bonds. The molecular weight excluding hydrogens is 463 g/mol. The Morgan fingerprint density at radius 3 is 2.44 bits per heavy atom. The van der Waals surface area contributed by atoms with Gasteiger partial charge in [0.05, 0.1) is 22.2 Å². The second-order valence-electron chi connectivity index (χ2n) is 7.23. The van der Waals surface area contributed by atoms with Gasteiger partial charge in [-0.25, -0.2) is 0 Å². The van der Waals surface area contributed by atoms with Crippen molar-refractivity contribution in [2.45, 2.75) is 19.0 Å². The fraction of sp³-hybridized carbons (Fsp3) is 0.125. The van der Waals surface area contributed by atoms with Gasteiger partial charge in [0.15, 0.2) is 11.0 Å². The SMILES string of the molecule is Cc1ccc(-n2c(SCC(=O)Nc3ccccc3Cl)nnc2-c2ccc(Cl)cc2)cc1C. The Balaban J connectivity index is 1.64. The fourth-order valence-corrected chi connectivity index (χ4v) is 4.19. The molecule has 0 bridgehead atoms. The molecule has 5 nitrogen and oxygen atoms in total. The van der Waals surface area contributed by atoms with Gasteiger partial charge in [0, 0.05) is 10.6 Å². The quantitative estimate of drug-likeness (QED) is 0.315. The Morgan fingerprint density at radius 2 is 1.72 bits per heavy atom. The van der Waals surface area contributed by atoms with Crippen LogP contribution in [0.4, 0.5) is 5.69 Å². The molecule has 4 rings (SSSR count). The van der Waals surface area contributed by atoms with Gasteiger partial charge < -0.3 is 5.32 Å². The lowest BCUT2D eigenvalue weighted by molar-refractivity contribution is -0.113. The summed E-state index contributed by atoms with van der Waals surface area (Å²) in [6.45, 7) is 4.13. The van der Waals surface area contributed by atoms with Crippen LogP contribution in [0.5, 0.6) is 0 Å². The van der Waals surface area contributed by atoms with E-state index in [1.807, 2.05) is 47.0 Å². The standard InChI is InChI=1S/C24H20Cl2N4OS/c1-15-7-12-19(13-16(15)2)30-23(17-8-10-18(25)11-9-17)28-29-24(30)32-14-22(31)27-21-6-4-3-5-20(21)26/h3-13H,14H2,1-2H3,(H,27,31). The second-order valence-corrected chi connectivity index (χ2v) is 9.02. The number of carbonyl (C=O) groups excluding carboxylic acids is 1. The van der Waals surface area contributed by atoms with Gasteiger partial charge in [-0.2, -0.15) is 0 Å². The summed E-state index contributed by atoms with van der Waals surface area (Å²) in [5, 5.41) is 13.4. The third-order valence-corrected chi connectivity index (χ3v) is 6.48. The Morgan fingerprint density at radius 1 is 0.969 bits per heavy atom. The number of aryl methyl sites for hydroxylation is 2. The number of rotatable bonds is 6. The molecule has 0 aliphatic heterocycles. The number of hydrogen-bond acceptors (Lipinski definition) is 4. The third kappa shape index (κ3) is 4.99. The molecule has 0 aliphatic rings. The fourth-order valence-electron chi connectivity index (χ4n) is 3.13. The lowest BCUT2D eigenvalue weighted by Crippen LogP contribution is -2.14. The van der Waals surface area contributed by atoms with E-state index in [1.165, 1.54) is 17.3 Å². The molecule has 0 saturated carbocycles. The number of para-hydroxylation sites is 1. The molecule has 162 valence electrons. The van der Waals surface area contributed by atoms with Crippen LogP contribution in [-0.4, -0.2) is 26.4 Å². The van der Waals surface area contributed by atoms with Crippen molar-refractivity contribution in [1.82, 2.24) is 14.8 Å². The Kier molecular flexibility index (Phi) is 6.84. The van der Waals surface area contributed by atoms with Gasteiger partial charge in [-0.3, -0.25) is 9.36 Å². The van der Waals surface area contributed by atoms with Crippen LogP contribution < -0.4 is 5.32 Å². The Bertz CT molecular complexity index is 1270. The highest BCUT2D eigenvalue weighted by atomic mass is 35.5. The van der Waals surface area contributed by atoms with Crippen LogP contribution in [0.2, 0.25) is 10.0 Å². The number of thioether (sulfide) groups is 1. The maximum Gasteiger partial charge on any atom is 0.234 e. The van der Waals surface area contributed by atoms with E-state index < -0.39 is 0 Å². The molecular formula is C24H20Cl2N4OS. The van der Waals surface area contributed by atoms with E-state index in [0.717, 1.165) is 16.8 Å². The molecule has 32 heavy (non-hydrogen) atoms. The van der Waals surface area contributed by atoms with E-state index in [9.17, 15) is 4.79 Å². The summed E-state index contributed by atoms with van der Waals surface area (Å²) >= 11 is 13.5. The van der Waals surface area contributed by atoms with Crippen LogP contribution in [0, 0.1) is 13.8 Å². The van der Waals surface area contributed by atoms with Crippen molar-refractivity contribution in [3.8, 4) is 17.1 Å². The van der Waals surface area contributed by atoms with Crippen LogP contribution in [0.25, 0.3) is 17.1 Å². The van der Waals surface area contributed by atoms with Gasteiger partial charge in [-0.15, -0.1) is 10.2 Å². The third-order valence-electron chi connectivity index (χ3n) is 4.96. The zero-order valence-electron chi connectivity index (χ0n) is 17.5. The first-order valence-electron chi connectivity index (χ1n) is 9.88. The second kappa shape index (κ2) is 9.77. The normalized spacial score (nSPS) is 10.9. The number of anilines is 1. The van der Waals surface area contributed by atoms with Crippen molar-refractivity contribution in [1.29, 1.82) is 0 Å². The number of halogens is 2. The van der Waals surface area contributed by atoms with Crippen molar-refractivity contribution >= 4 is 46.6 Å². The molecule has 1 heterocycles. The number of benzene rings is 3. The zero-order valence-corrected chi connectivity index (χ0v) is 19.8. The summed E-state index contributed by atoms with van der Waals surface area (Å²) in [6.07, 6.45) is 0. The first-order valence-corrected chi connectivity index (χ1v) is 11.6. The van der Waals surface area contributed by atoms with Gasteiger partial charge in [-0.05, 0) is 73.5 Å². The first kappa shape index (κ1) is 22.4. The number of nitrogens with zero attached hydrogens (tertiary/aromatic N) is 3. The molecule has 3 aromatic carbocycles. The predicted octanol–water partition coefficient (Wildman–Crippen LogP) is 6.59. The highest BCUT2D eigenvalue weighted by Crippen LogP contribution is 2.30. The van der Waals surface area contributed by atoms with Crippen LogP contribution in [-0.2, 0) is 4.79 Å². The number of amides is 1. The maximum atomic E-state index is 12.5. The van der Waals surface area contributed by atoms with E-state index in [0.29, 0.717) is 26.7 Å². The smallest absolute Gasteiger partial charge is 0.234 e. The molecule has 0 radical (unpaired) electrons. The van der Waals surface area contributed by atoms with E-state index in [4.69, 9.17) is 23.2 Å². The van der Waals surface area contributed by atoms with Crippen LogP contribution in [0.15, 0.2) is 71.9 Å². The largest absolute Gasteiger partial charge is 0.324 e. The zero-order chi connectivity index (χ0) is 22.7. The van der Waals surface area contributed by atoms with Crippen molar-refractivity contribution in [2.75, 3.05) is 11.1 Å². The minimum absolute atomic E-state index is 0.162. The molecule has 0 fully saturated rings. The molecule has 0 atom stereocenters. The maximum absolute atomic E-state index is 12.5. The van der Waals surface area contributed by atoms with E-state index in [2.05, 4.69) is 41.5 Å². The van der Waals surface area contributed by atoms with Gasteiger partial charge in [0.2, 0.25) is 5.91 Å². The Hall–Kier alpha value is -2.80. The lowest BCUT2D eigenvalue weighted by atomic mass is 10.1. The molecule has 0 unspecified atom stereocenters. The summed E-state index contributed by atoms with van der Waals surface area (Å²) in [6, 6.07) is 20.8. The van der Waals surface area contributed by atoms with Crippen LogP contribution in [0.3, 0.4) is 0 Å². The van der Waals surface area contributed by atoms with Crippen LogP contribution >= 0.6 is 35.0 Å². The Labute approximate surface area is 200 Å². The van der Waals surface area contributed by atoms with Crippen LogP contribution in [0.1, 0.15) is 11.1 Å². The van der Waals surface area contributed by atoms with Gasteiger partial charge in [0.1, 0.15) is 0 Å². The van der Waals surface area contributed by atoms with Gasteiger partial charge in [0.25, 0.3) is 0 Å². The number of nitrogens with one attached hydrogen (secondary N) is 1. The number of aromatic nitrogens is 3. The van der Waals surface area contributed by atoms with E-state index >= 15 is 0 Å². The average molecular weight is 483 g/mol. The van der Waals surface area contributed by atoms with E-state index in [-0.39, 0.29) is 11.7 Å². The summed E-state index contributed by atoms with van der Waals surface area (Å²) in [5.74, 6) is 0.666.